The van der Waals surface area contributed by atoms with E-state index in [2.05, 4.69) is 15.4 Å². The molecule has 0 atom stereocenters. The number of hydrogen-bond donors (Lipinski definition) is 1. The lowest BCUT2D eigenvalue weighted by molar-refractivity contribution is 0.414. The van der Waals surface area contributed by atoms with Gasteiger partial charge >= 0.3 is 0 Å². The average molecular weight is 254 g/mol. The Labute approximate surface area is 110 Å². The average Bonchev–Trinajstić information content (AvgIpc) is 2.93. The van der Waals surface area contributed by atoms with E-state index in [0.29, 0.717) is 6.54 Å². The normalized spacial score (nSPS) is 10.6. The van der Waals surface area contributed by atoms with Gasteiger partial charge in [-0.15, -0.1) is 0 Å². The Morgan fingerprint density at radius 1 is 1.26 bits per heavy atom. The topological polar surface area (TPSA) is 51.5 Å². The van der Waals surface area contributed by atoms with Gasteiger partial charge in [0.05, 0.1) is 13.3 Å². The first kappa shape index (κ1) is 11.5. The number of nitrogens with zero attached hydrogens (tertiary/aromatic N) is 3. The lowest BCUT2D eigenvalue weighted by Gasteiger charge is -2.07. The molecule has 5 heteroatoms. The molecular weight excluding hydrogens is 240 g/mol. The lowest BCUT2D eigenvalue weighted by atomic mass is 10.2. The highest BCUT2D eigenvalue weighted by atomic mass is 16.5. The summed E-state index contributed by atoms with van der Waals surface area (Å²) in [6.45, 7) is 0.703. The fraction of sp³-hybridized carbons (Fsp3) is 0.143. The summed E-state index contributed by atoms with van der Waals surface area (Å²) < 4.78 is 6.93. The van der Waals surface area contributed by atoms with E-state index in [9.17, 15) is 0 Å². The van der Waals surface area contributed by atoms with E-state index in [4.69, 9.17) is 4.74 Å². The van der Waals surface area contributed by atoms with Crippen LogP contribution in [0.5, 0.6) is 5.75 Å². The van der Waals surface area contributed by atoms with Crippen molar-refractivity contribution in [1.29, 1.82) is 0 Å². The molecule has 0 spiro atoms. The molecule has 0 saturated heterocycles. The van der Waals surface area contributed by atoms with Crippen LogP contribution in [0.15, 0.2) is 48.8 Å². The number of rotatable bonds is 4. The van der Waals surface area contributed by atoms with Crippen LogP contribution in [0, 0.1) is 0 Å². The molecule has 3 rings (SSSR count). The monoisotopic (exact) mass is 254 g/mol. The van der Waals surface area contributed by atoms with Gasteiger partial charge in [0.15, 0.2) is 5.65 Å². The summed E-state index contributed by atoms with van der Waals surface area (Å²) in [6.07, 6.45) is 3.62. The molecule has 3 aromatic rings. The predicted octanol–water partition coefficient (Wildman–Crippen LogP) is 2.35. The van der Waals surface area contributed by atoms with Crippen LogP contribution in [0.25, 0.3) is 5.65 Å². The fourth-order valence-electron chi connectivity index (χ4n) is 1.89. The van der Waals surface area contributed by atoms with Gasteiger partial charge in [-0.3, -0.25) is 0 Å². The van der Waals surface area contributed by atoms with Crippen molar-refractivity contribution in [1.82, 2.24) is 14.6 Å². The Hall–Kier alpha value is -2.56. The summed E-state index contributed by atoms with van der Waals surface area (Å²) in [7, 11) is 1.67. The van der Waals surface area contributed by atoms with Crippen LogP contribution in [0.2, 0.25) is 0 Å². The molecule has 0 unspecified atom stereocenters. The van der Waals surface area contributed by atoms with E-state index in [-0.39, 0.29) is 0 Å². The third-order valence-corrected chi connectivity index (χ3v) is 2.87. The molecular formula is C14H14N4O. The largest absolute Gasteiger partial charge is 0.497 e. The molecule has 96 valence electrons. The quantitative estimate of drug-likeness (QED) is 0.776. The highest BCUT2D eigenvalue weighted by Crippen LogP contribution is 2.14. The van der Waals surface area contributed by atoms with Gasteiger partial charge in [-0.2, -0.15) is 5.10 Å². The van der Waals surface area contributed by atoms with E-state index in [1.54, 1.807) is 17.8 Å². The van der Waals surface area contributed by atoms with E-state index in [1.807, 2.05) is 42.6 Å². The van der Waals surface area contributed by atoms with Gasteiger partial charge < -0.3 is 10.1 Å². The number of ether oxygens (including phenoxy) is 1. The maximum atomic E-state index is 5.20. The molecule has 0 saturated carbocycles. The molecule has 0 radical (unpaired) electrons. The van der Waals surface area contributed by atoms with Gasteiger partial charge in [-0.1, -0.05) is 12.1 Å². The number of nitrogens with one attached hydrogen (secondary N) is 1. The molecule has 0 bridgehead atoms. The Balaban J connectivity index is 1.74. The minimum atomic E-state index is 0.703. The van der Waals surface area contributed by atoms with Crippen LogP contribution in [-0.2, 0) is 6.54 Å². The molecule has 19 heavy (non-hydrogen) atoms. The van der Waals surface area contributed by atoms with Crippen molar-refractivity contribution < 1.29 is 4.74 Å². The van der Waals surface area contributed by atoms with Gasteiger partial charge in [0.1, 0.15) is 11.6 Å². The summed E-state index contributed by atoms with van der Waals surface area (Å²) >= 11 is 0. The van der Waals surface area contributed by atoms with Crippen molar-refractivity contribution in [3.8, 4) is 5.75 Å². The van der Waals surface area contributed by atoms with Crippen molar-refractivity contribution in [2.45, 2.75) is 6.54 Å². The lowest BCUT2D eigenvalue weighted by Crippen LogP contribution is -2.02. The third-order valence-electron chi connectivity index (χ3n) is 2.87. The van der Waals surface area contributed by atoms with Crippen LogP contribution >= 0.6 is 0 Å². The Morgan fingerprint density at radius 3 is 3.11 bits per heavy atom. The maximum absolute atomic E-state index is 5.20. The smallest absolute Gasteiger partial charge is 0.157 e. The minimum absolute atomic E-state index is 0.703. The zero-order valence-electron chi connectivity index (χ0n) is 10.6. The highest BCUT2D eigenvalue weighted by Gasteiger charge is 1.99. The van der Waals surface area contributed by atoms with Crippen LogP contribution in [-0.4, -0.2) is 21.7 Å². The summed E-state index contributed by atoms with van der Waals surface area (Å²) in [5, 5.41) is 7.40. The molecule has 0 fully saturated rings. The number of methoxy groups -OCH3 is 1. The SMILES string of the molecule is COc1cccc(CNc2ccn3nccc3n2)c1. The molecule has 2 heterocycles. The van der Waals surface area contributed by atoms with Crippen molar-refractivity contribution in [3.63, 3.8) is 0 Å². The number of anilines is 1. The Morgan fingerprint density at radius 2 is 2.21 bits per heavy atom. The van der Waals surface area contributed by atoms with Gasteiger partial charge in [-0.05, 0) is 23.8 Å². The second kappa shape index (κ2) is 4.97. The van der Waals surface area contributed by atoms with Gasteiger partial charge in [0, 0.05) is 18.8 Å². The van der Waals surface area contributed by atoms with Crippen LogP contribution in [0.1, 0.15) is 5.56 Å². The second-order valence-electron chi connectivity index (χ2n) is 4.15. The highest BCUT2D eigenvalue weighted by molar-refractivity contribution is 5.45. The van der Waals surface area contributed by atoms with E-state index >= 15 is 0 Å². The standard InChI is InChI=1S/C14H14N4O/c1-19-12-4-2-3-11(9-12)10-15-13-6-8-18-14(17-13)5-7-16-18/h2-9H,10H2,1H3,(H,15,17). The number of fused-ring (bicyclic) bond motifs is 1. The maximum Gasteiger partial charge on any atom is 0.157 e. The van der Waals surface area contributed by atoms with Crippen molar-refractivity contribution in [3.05, 3.63) is 54.4 Å². The van der Waals surface area contributed by atoms with E-state index < -0.39 is 0 Å². The zero-order valence-corrected chi connectivity index (χ0v) is 10.6. The molecule has 2 aromatic heterocycles. The van der Waals surface area contributed by atoms with E-state index in [1.165, 1.54) is 0 Å². The zero-order chi connectivity index (χ0) is 13.1. The number of aromatic nitrogens is 3. The molecule has 5 nitrogen and oxygen atoms in total. The summed E-state index contributed by atoms with van der Waals surface area (Å²) in [5.74, 6) is 1.69. The number of hydrogen-bond acceptors (Lipinski definition) is 4. The summed E-state index contributed by atoms with van der Waals surface area (Å²) in [5.41, 5.74) is 1.98. The van der Waals surface area contributed by atoms with Crippen LogP contribution in [0.3, 0.4) is 0 Å². The van der Waals surface area contributed by atoms with Crippen molar-refractivity contribution in [2.24, 2.45) is 0 Å². The molecule has 0 aliphatic rings. The Bertz CT molecular complexity index is 692. The van der Waals surface area contributed by atoms with E-state index in [0.717, 1.165) is 22.8 Å². The summed E-state index contributed by atoms with van der Waals surface area (Å²) in [4.78, 5) is 4.45. The van der Waals surface area contributed by atoms with Gasteiger partial charge in [0.2, 0.25) is 0 Å². The molecule has 0 aliphatic heterocycles. The second-order valence-corrected chi connectivity index (χ2v) is 4.15. The van der Waals surface area contributed by atoms with Crippen LogP contribution in [0.4, 0.5) is 5.82 Å². The first-order valence-corrected chi connectivity index (χ1v) is 6.02. The summed E-state index contributed by atoms with van der Waals surface area (Å²) in [6, 6.07) is 11.7. The van der Waals surface area contributed by atoms with Gasteiger partial charge in [0.25, 0.3) is 0 Å². The molecule has 1 N–H and O–H groups in total. The molecule has 1 aromatic carbocycles. The van der Waals surface area contributed by atoms with Crippen molar-refractivity contribution in [2.75, 3.05) is 12.4 Å². The first-order valence-electron chi connectivity index (χ1n) is 6.02. The minimum Gasteiger partial charge on any atom is -0.497 e. The molecule has 0 amide bonds. The van der Waals surface area contributed by atoms with Crippen molar-refractivity contribution >= 4 is 11.5 Å². The fourth-order valence-corrected chi connectivity index (χ4v) is 1.89. The number of benzene rings is 1. The predicted molar refractivity (Wildman–Crippen MR) is 73.3 cm³/mol. The Kier molecular flexibility index (Phi) is 3.02. The third kappa shape index (κ3) is 2.49. The van der Waals surface area contributed by atoms with Crippen LogP contribution < -0.4 is 10.1 Å². The van der Waals surface area contributed by atoms with Gasteiger partial charge in [-0.25, -0.2) is 9.50 Å². The first-order chi connectivity index (χ1) is 9.35. The molecule has 0 aliphatic carbocycles.